The van der Waals surface area contributed by atoms with Gasteiger partial charge in [0.2, 0.25) is 0 Å². The first-order valence-electron chi connectivity index (χ1n) is 7.09. The third kappa shape index (κ3) is 4.93. The van der Waals surface area contributed by atoms with E-state index in [4.69, 9.17) is 0 Å². The minimum atomic E-state index is -0.825. The summed E-state index contributed by atoms with van der Waals surface area (Å²) < 4.78 is 0. The maximum atomic E-state index is 11.2. The van der Waals surface area contributed by atoms with Gasteiger partial charge in [-0.25, -0.2) is 4.79 Å². The third-order valence-corrected chi connectivity index (χ3v) is 3.39. The Morgan fingerprint density at radius 3 is 2.42 bits per heavy atom. The molecule has 0 aromatic heterocycles. The van der Waals surface area contributed by atoms with Gasteiger partial charge in [-0.05, 0) is 36.6 Å². The van der Waals surface area contributed by atoms with Gasteiger partial charge in [0.1, 0.15) is 0 Å². The fraction of sp³-hybridized carbons (Fsp3) is 0.562. The van der Waals surface area contributed by atoms with Gasteiger partial charge in [0.25, 0.3) is 0 Å². The Hall–Kier alpha value is -1.51. The molecule has 0 unspecified atom stereocenters. The van der Waals surface area contributed by atoms with Crippen molar-refractivity contribution < 1.29 is 9.90 Å². The second-order valence-corrected chi connectivity index (χ2v) is 5.21. The number of rotatable bonds is 8. The second-order valence-electron chi connectivity index (χ2n) is 5.21. The summed E-state index contributed by atoms with van der Waals surface area (Å²) >= 11 is 0. The number of nitrogens with zero attached hydrogens (tertiary/aromatic N) is 1. The van der Waals surface area contributed by atoms with Crippen LogP contribution in [0, 0.1) is 0 Å². The first-order valence-corrected chi connectivity index (χ1v) is 7.09. The van der Waals surface area contributed by atoms with Crippen LogP contribution in [-0.4, -0.2) is 25.2 Å². The number of carboxylic acids is 1. The summed E-state index contributed by atoms with van der Waals surface area (Å²) in [4.78, 5) is 13.2. The lowest BCUT2D eigenvalue weighted by atomic mass is 9.99. The van der Waals surface area contributed by atoms with Crippen molar-refractivity contribution in [3.05, 3.63) is 29.3 Å². The van der Waals surface area contributed by atoms with Crippen LogP contribution >= 0.6 is 0 Å². The van der Waals surface area contributed by atoms with Crippen LogP contribution in [0.4, 0.5) is 5.69 Å². The van der Waals surface area contributed by atoms with Crippen molar-refractivity contribution in [1.82, 2.24) is 0 Å². The molecule has 0 aliphatic carbocycles. The van der Waals surface area contributed by atoms with Gasteiger partial charge in [0.05, 0.1) is 5.56 Å². The molecule has 0 radical (unpaired) electrons. The fourth-order valence-electron chi connectivity index (χ4n) is 2.19. The standard InChI is InChI=1S/C16H25NO2/c1-4-5-6-7-8-9-13-12-14(17(2)3)10-11-15(13)16(18)19/h10-12H,4-9H2,1-3H3,(H,18,19). The van der Waals surface area contributed by atoms with Crippen molar-refractivity contribution in [3.8, 4) is 0 Å². The Labute approximate surface area is 116 Å². The Morgan fingerprint density at radius 2 is 1.84 bits per heavy atom. The van der Waals surface area contributed by atoms with E-state index in [1.165, 1.54) is 25.7 Å². The van der Waals surface area contributed by atoms with E-state index in [1.54, 1.807) is 6.07 Å². The summed E-state index contributed by atoms with van der Waals surface area (Å²) in [7, 11) is 3.95. The highest BCUT2D eigenvalue weighted by molar-refractivity contribution is 5.90. The molecule has 0 aliphatic rings. The van der Waals surface area contributed by atoms with Crippen molar-refractivity contribution in [2.45, 2.75) is 45.4 Å². The van der Waals surface area contributed by atoms with Gasteiger partial charge in [-0.2, -0.15) is 0 Å². The van der Waals surface area contributed by atoms with Crippen LogP contribution in [-0.2, 0) is 6.42 Å². The van der Waals surface area contributed by atoms with E-state index in [0.717, 1.165) is 24.1 Å². The van der Waals surface area contributed by atoms with Gasteiger partial charge in [-0.1, -0.05) is 32.6 Å². The van der Waals surface area contributed by atoms with Crippen LogP contribution in [0.2, 0.25) is 0 Å². The molecule has 0 heterocycles. The average Bonchev–Trinajstić information content (AvgIpc) is 2.38. The number of aromatic carboxylic acids is 1. The summed E-state index contributed by atoms with van der Waals surface area (Å²) in [6, 6.07) is 5.59. The quantitative estimate of drug-likeness (QED) is 0.722. The SMILES string of the molecule is CCCCCCCc1cc(N(C)C)ccc1C(=O)O. The molecular weight excluding hydrogens is 238 g/mol. The molecule has 1 rings (SSSR count). The lowest BCUT2D eigenvalue weighted by Crippen LogP contribution is -2.11. The second kappa shape index (κ2) is 7.82. The zero-order valence-electron chi connectivity index (χ0n) is 12.3. The maximum Gasteiger partial charge on any atom is 0.335 e. The van der Waals surface area contributed by atoms with Gasteiger partial charge in [0.15, 0.2) is 0 Å². The van der Waals surface area contributed by atoms with Crippen molar-refractivity contribution in [1.29, 1.82) is 0 Å². The number of carboxylic acid groups (broad SMARTS) is 1. The van der Waals surface area contributed by atoms with E-state index in [-0.39, 0.29) is 0 Å². The smallest absolute Gasteiger partial charge is 0.335 e. The van der Waals surface area contributed by atoms with E-state index < -0.39 is 5.97 Å². The normalized spacial score (nSPS) is 10.5. The molecule has 19 heavy (non-hydrogen) atoms. The topological polar surface area (TPSA) is 40.5 Å². The zero-order valence-corrected chi connectivity index (χ0v) is 12.3. The summed E-state index contributed by atoms with van der Waals surface area (Å²) in [5, 5.41) is 9.22. The molecule has 0 bridgehead atoms. The van der Waals surface area contributed by atoms with Crippen LogP contribution in [0.5, 0.6) is 0 Å². The van der Waals surface area contributed by atoms with Gasteiger partial charge >= 0.3 is 5.97 Å². The molecule has 1 aromatic carbocycles. The molecule has 0 amide bonds. The number of hydrogen-bond acceptors (Lipinski definition) is 2. The predicted molar refractivity (Wildman–Crippen MR) is 80.2 cm³/mol. The number of unbranched alkanes of at least 4 members (excludes halogenated alkanes) is 4. The van der Waals surface area contributed by atoms with Crippen molar-refractivity contribution in [2.24, 2.45) is 0 Å². The minimum Gasteiger partial charge on any atom is -0.478 e. The maximum absolute atomic E-state index is 11.2. The van der Waals surface area contributed by atoms with Crippen LogP contribution in [0.15, 0.2) is 18.2 Å². The molecule has 3 heteroatoms. The van der Waals surface area contributed by atoms with E-state index >= 15 is 0 Å². The first kappa shape index (κ1) is 15.5. The number of carbonyl (C=O) groups is 1. The molecule has 106 valence electrons. The average molecular weight is 263 g/mol. The number of hydrogen-bond donors (Lipinski definition) is 1. The molecule has 1 N–H and O–H groups in total. The lowest BCUT2D eigenvalue weighted by Gasteiger charge is -2.15. The van der Waals surface area contributed by atoms with Crippen LogP contribution in [0.1, 0.15) is 54.9 Å². The van der Waals surface area contributed by atoms with E-state index in [0.29, 0.717) is 5.56 Å². The van der Waals surface area contributed by atoms with E-state index in [9.17, 15) is 9.90 Å². The highest BCUT2D eigenvalue weighted by Crippen LogP contribution is 2.20. The molecule has 0 spiro atoms. The Bertz CT molecular complexity index is 413. The Morgan fingerprint density at radius 1 is 1.16 bits per heavy atom. The Kier molecular flexibility index (Phi) is 6.40. The molecule has 0 saturated heterocycles. The van der Waals surface area contributed by atoms with E-state index in [1.807, 2.05) is 31.1 Å². The third-order valence-electron chi connectivity index (χ3n) is 3.39. The molecule has 0 aliphatic heterocycles. The van der Waals surface area contributed by atoms with Crippen molar-refractivity contribution in [2.75, 3.05) is 19.0 Å². The van der Waals surface area contributed by atoms with Crippen LogP contribution < -0.4 is 4.90 Å². The fourth-order valence-corrected chi connectivity index (χ4v) is 2.19. The first-order chi connectivity index (χ1) is 9.06. The molecular formula is C16H25NO2. The Balaban J connectivity index is 2.71. The number of aryl methyl sites for hydroxylation is 1. The predicted octanol–water partition coefficient (Wildman–Crippen LogP) is 3.96. The summed E-state index contributed by atoms with van der Waals surface area (Å²) in [6.07, 6.45) is 6.84. The van der Waals surface area contributed by atoms with Gasteiger partial charge < -0.3 is 10.0 Å². The zero-order chi connectivity index (χ0) is 14.3. The van der Waals surface area contributed by atoms with Crippen molar-refractivity contribution in [3.63, 3.8) is 0 Å². The molecule has 3 nitrogen and oxygen atoms in total. The van der Waals surface area contributed by atoms with Crippen LogP contribution in [0.3, 0.4) is 0 Å². The van der Waals surface area contributed by atoms with E-state index in [2.05, 4.69) is 6.92 Å². The molecule has 1 aromatic rings. The highest BCUT2D eigenvalue weighted by atomic mass is 16.4. The highest BCUT2D eigenvalue weighted by Gasteiger charge is 2.11. The molecule has 0 atom stereocenters. The van der Waals surface area contributed by atoms with Crippen LogP contribution in [0.25, 0.3) is 0 Å². The minimum absolute atomic E-state index is 0.445. The summed E-state index contributed by atoms with van der Waals surface area (Å²) in [5.41, 5.74) is 2.46. The van der Waals surface area contributed by atoms with Gasteiger partial charge in [0, 0.05) is 19.8 Å². The number of anilines is 1. The molecule has 0 saturated carbocycles. The lowest BCUT2D eigenvalue weighted by molar-refractivity contribution is 0.0695. The summed E-state index contributed by atoms with van der Waals surface area (Å²) in [5.74, 6) is -0.825. The molecule has 0 fully saturated rings. The van der Waals surface area contributed by atoms with Gasteiger partial charge in [-0.3, -0.25) is 0 Å². The van der Waals surface area contributed by atoms with Crippen molar-refractivity contribution >= 4 is 11.7 Å². The monoisotopic (exact) mass is 263 g/mol. The number of benzene rings is 1. The van der Waals surface area contributed by atoms with Gasteiger partial charge in [-0.15, -0.1) is 0 Å². The summed E-state index contributed by atoms with van der Waals surface area (Å²) in [6.45, 7) is 2.20. The largest absolute Gasteiger partial charge is 0.478 e.